The molecular formula is C19H23N5O2. The van der Waals surface area contributed by atoms with E-state index in [4.69, 9.17) is 14.0 Å². The van der Waals surface area contributed by atoms with Crippen LogP contribution in [-0.2, 0) is 30.7 Å². The van der Waals surface area contributed by atoms with Gasteiger partial charge in [-0.05, 0) is 25.2 Å². The van der Waals surface area contributed by atoms with E-state index in [0.29, 0.717) is 17.7 Å². The van der Waals surface area contributed by atoms with Crippen LogP contribution < -0.4 is 0 Å². The van der Waals surface area contributed by atoms with E-state index in [9.17, 15) is 0 Å². The highest BCUT2D eigenvalue weighted by Crippen LogP contribution is 2.56. The lowest BCUT2D eigenvalue weighted by Gasteiger charge is -2.51. The molecular weight excluding hydrogens is 330 g/mol. The fourth-order valence-electron chi connectivity index (χ4n) is 5.53. The van der Waals surface area contributed by atoms with E-state index >= 15 is 0 Å². The summed E-state index contributed by atoms with van der Waals surface area (Å²) in [5, 5.41) is 17.3. The van der Waals surface area contributed by atoms with Crippen molar-refractivity contribution in [2.75, 3.05) is 0 Å². The van der Waals surface area contributed by atoms with E-state index in [-0.39, 0.29) is 10.8 Å². The van der Waals surface area contributed by atoms with Crippen molar-refractivity contribution in [3.63, 3.8) is 0 Å². The maximum atomic E-state index is 5.72. The number of nitrogens with zero attached hydrogens (tertiary/aromatic N) is 5. The lowest BCUT2D eigenvalue weighted by Crippen LogP contribution is -2.51. The first-order valence-corrected chi connectivity index (χ1v) is 9.13. The van der Waals surface area contributed by atoms with Crippen LogP contribution in [0, 0.1) is 12.8 Å². The second kappa shape index (κ2) is 4.84. The summed E-state index contributed by atoms with van der Waals surface area (Å²) < 4.78 is 13.3. The molecule has 0 bridgehead atoms. The zero-order chi connectivity index (χ0) is 18.3. The maximum Gasteiger partial charge on any atom is 0.266 e. The Morgan fingerprint density at radius 3 is 2.77 bits per heavy atom. The summed E-state index contributed by atoms with van der Waals surface area (Å²) in [6.07, 6.45) is 4.79. The average Bonchev–Trinajstić information content (AvgIpc) is 3.26. The Hall–Kier alpha value is -2.44. The van der Waals surface area contributed by atoms with Gasteiger partial charge in [-0.2, -0.15) is 5.10 Å². The van der Waals surface area contributed by atoms with Crippen LogP contribution >= 0.6 is 0 Å². The lowest BCUT2D eigenvalue weighted by atomic mass is 9.51. The van der Waals surface area contributed by atoms with Crippen molar-refractivity contribution in [1.29, 1.82) is 0 Å². The lowest BCUT2D eigenvalue weighted by molar-refractivity contribution is 0.109. The molecule has 3 heterocycles. The molecule has 26 heavy (non-hydrogen) atoms. The van der Waals surface area contributed by atoms with E-state index in [1.54, 1.807) is 0 Å². The minimum Gasteiger partial charge on any atom is -0.420 e. The van der Waals surface area contributed by atoms with E-state index in [2.05, 4.69) is 36.1 Å². The van der Waals surface area contributed by atoms with Crippen molar-refractivity contribution in [2.24, 2.45) is 13.0 Å². The number of aryl methyl sites for hydroxylation is 2. The highest BCUT2D eigenvalue weighted by molar-refractivity contribution is 5.58. The molecule has 2 aliphatic rings. The van der Waals surface area contributed by atoms with Crippen molar-refractivity contribution in [2.45, 2.75) is 57.8 Å². The quantitative estimate of drug-likeness (QED) is 0.668. The molecule has 3 aromatic heterocycles. The first-order valence-electron chi connectivity index (χ1n) is 9.13. The third-order valence-corrected chi connectivity index (χ3v) is 6.53. The third kappa shape index (κ3) is 1.83. The topological polar surface area (TPSA) is 82.8 Å². The fraction of sp³-hybridized carbons (Fsp3) is 0.579. The van der Waals surface area contributed by atoms with E-state index in [1.165, 1.54) is 11.1 Å². The molecule has 0 unspecified atom stereocenters. The summed E-state index contributed by atoms with van der Waals surface area (Å²) in [4.78, 5) is 0. The molecule has 0 saturated heterocycles. The minimum absolute atomic E-state index is 0.0687. The number of fused-ring (bicyclic) bond motifs is 4. The van der Waals surface area contributed by atoms with E-state index in [1.807, 2.05) is 24.9 Å². The standard InChI is InChI=1S/C19H23N5O2/c1-10-21-22-17(25-10)14-12-6-7-13-18(2,3)16-11(9-20-26-16)8-19(13,4)15(12)23-24(14)5/h9,13H,6-8H2,1-5H3/t13-,19-/m0/s1. The second-order valence-electron chi connectivity index (χ2n) is 8.51. The fourth-order valence-corrected chi connectivity index (χ4v) is 5.53. The largest absolute Gasteiger partial charge is 0.420 e. The Balaban J connectivity index is 1.71. The van der Waals surface area contributed by atoms with Gasteiger partial charge in [0.15, 0.2) is 0 Å². The van der Waals surface area contributed by atoms with Crippen LogP contribution in [0.15, 0.2) is 15.1 Å². The van der Waals surface area contributed by atoms with Gasteiger partial charge in [-0.1, -0.05) is 25.9 Å². The number of hydrogen-bond acceptors (Lipinski definition) is 6. The monoisotopic (exact) mass is 353 g/mol. The predicted molar refractivity (Wildman–Crippen MR) is 93.6 cm³/mol. The van der Waals surface area contributed by atoms with Crippen molar-refractivity contribution in [3.8, 4) is 11.6 Å². The van der Waals surface area contributed by atoms with Gasteiger partial charge in [0.05, 0.1) is 11.9 Å². The molecule has 136 valence electrons. The van der Waals surface area contributed by atoms with Gasteiger partial charge >= 0.3 is 0 Å². The van der Waals surface area contributed by atoms with Crippen molar-refractivity contribution >= 4 is 0 Å². The highest BCUT2D eigenvalue weighted by atomic mass is 16.5. The molecule has 0 N–H and O–H groups in total. The van der Waals surface area contributed by atoms with Crippen LogP contribution in [0.3, 0.4) is 0 Å². The molecule has 0 spiro atoms. The first kappa shape index (κ1) is 15.8. The SMILES string of the molecule is Cc1nnc(-c2c3c(nn2C)[C@@]2(C)Cc4cnoc4C(C)(C)[C@@H]2CC3)o1. The van der Waals surface area contributed by atoms with Crippen LogP contribution in [0.4, 0.5) is 0 Å². The van der Waals surface area contributed by atoms with Crippen LogP contribution in [-0.4, -0.2) is 25.1 Å². The molecule has 5 rings (SSSR count). The van der Waals surface area contributed by atoms with Crippen molar-refractivity contribution < 1.29 is 8.94 Å². The molecule has 2 atom stereocenters. The predicted octanol–water partition coefficient (Wildman–Crippen LogP) is 3.12. The molecule has 2 aliphatic carbocycles. The van der Waals surface area contributed by atoms with Gasteiger partial charge in [0.1, 0.15) is 11.5 Å². The zero-order valence-corrected chi connectivity index (χ0v) is 15.8. The molecule has 0 radical (unpaired) electrons. The highest BCUT2D eigenvalue weighted by Gasteiger charge is 2.56. The molecule has 0 aliphatic heterocycles. The van der Waals surface area contributed by atoms with Crippen LogP contribution in [0.1, 0.15) is 55.7 Å². The van der Waals surface area contributed by atoms with Gasteiger partial charge < -0.3 is 8.94 Å². The zero-order valence-electron chi connectivity index (χ0n) is 15.8. The molecule has 7 nitrogen and oxygen atoms in total. The van der Waals surface area contributed by atoms with Gasteiger partial charge in [0, 0.05) is 35.9 Å². The Morgan fingerprint density at radius 1 is 1.23 bits per heavy atom. The van der Waals surface area contributed by atoms with Crippen LogP contribution in [0.2, 0.25) is 0 Å². The summed E-state index contributed by atoms with van der Waals surface area (Å²) in [5.41, 5.74) is 4.40. The van der Waals surface area contributed by atoms with Crippen molar-refractivity contribution in [1.82, 2.24) is 25.1 Å². The summed E-state index contributed by atoms with van der Waals surface area (Å²) in [5.74, 6) is 2.60. The van der Waals surface area contributed by atoms with E-state index in [0.717, 1.165) is 36.4 Å². The van der Waals surface area contributed by atoms with Gasteiger partial charge in [0.25, 0.3) is 5.89 Å². The summed E-state index contributed by atoms with van der Waals surface area (Å²) in [6, 6.07) is 0. The Bertz CT molecular complexity index is 1010. The van der Waals surface area contributed by atoms with Gasteiger partial charge in [0.2, 0.25) is 5.89 Å². The number of aromatic nitrogens is 5. The van der Waals surface area contributed by atoms with Gasteiger partial charge in [-0.15, -0.1) is 10.2 Å². The third-order valence-electron chi connectivity index (χ3n) is 6.53. The average molecular weight is 353 g/mol. The number of hydrogen-bond donors (Lipinski definition) is 0. The van der Waals surface area contributed by atoms with Crippen molar-refractivity contribution in [3.05, 3.63) is 34.7 Å². The summed E-state index contributed by atoms with van der Waals surface area (Å²) >= 11 is 0. The maximum absolute atomic E-state index is 5.72. The minimum atomic E-state index is -0.0741. The summed E-state index contributed by atoms with van der Waals surface area (Å²) in [7, 11) is 1.96. The Kier molecular flexibility index (Phi) is 2.94. The van der Waals surface area contributed by atoms with Crippen LogP contribution in [0.25, 0.3) is 11.6 Å². The molecule has 0 fully saturated rings. The second-order valence-corrected chi connectivity index (χ2v) is 8.51. The normalized spacial score (nSPS) is 26.3. The Labute approximate surface area is 151 Å². The molecule has 0 saturated carbocycles. The molecule has 3 aromatic rings. The van der Waals surface area contributed by atoms with Gasteiger partial charge in [-0.25, -0.2) is 0 Å². The number of rotatable bonds is 1. The first-order chi connectivity index (χ1) is 12.3. The van der Waals surface area contributed by atoms with E-state index < -0.39 is 0 Å². The van der Waals surface area contributed by atoms with Crippen LogP contribution in [0.5, 0.6) is 0 Å². The summed E-state index contributed by atoms with van der Waals surface area (Å²) in [6.45, 7) is 8.70. The molecule has 0 aromatic carbocycles. The molecule has 0 amide bonds. The van der Waals surface area contributed by atoms with Gasteiger partial charge in [-0.3, -0.25) is 4.68 Å². The smallest absolute Gasteiger partial charge is 0.266 e. The Morgan fingerprint density at radius 2 is 2.04 bits per heavy atom. The molecule has 7 heteroatoms.